The van der Waals surface area contributed by atoms with Gasteiger partial charge in [-0.15, -0.1) is 0 Å². The van der Waals surface area contributed by atoms with Gasteiger partial charge < -0.3 is 14.5 Å². The van der Waals surface area contributed by atoms with Crippen molar-refractivity contribution in [3.05, 3.63) is 47.9 Å². The smallest absolute Gasteiger partial charge is 0.226 e. The Morgan fingerprint density at radius 3 is 2.48 bits per heavy atom. The standard InChI is InChI=1S/C21H28N4O2/c1-16(2)21-22-17(3)15-19(23-21)24-10-12-25(13-11-24)20(26)9-14-27-18-7-5-4-6-8-18/h4-8,15-16H,9-14H2,1-3H3. The van der Waals surface area contributed by atoms with E-state index in [2.05, 4.69) is 23.7 Å². The van der Waals surface area contributed by atoms with Crippen molar-refractivity contribution in [2.75, 3.05) is 37.7 Å². The van der Waals surface area contributed by atoms with Crippen LogP contribution in [0, 0.1) is 6.92 Å². The Labute approximate surface area is 161 Å². The monoisotopic (exact) mass is 368 g/mol. The van der Waals surface area contributed by atoms with E-state index in [0.29, 0.717) is 32.0 Å². The molecule has 1 fully saturated rings. The summed E-state index contributed by atoms with van der Waals surface area (Å²) >= 11 is 0. The quantitative estimate of drug-likeness (QED) is 0.784. The first-order chi connectivity index (χ1) is 13.0. The van der Waals surface area contributed by atoms with E-state index in [1.54, 1.807) is 0 Å². The highest BCUT2D eigenvalue weighted by Gasteiger charge is 2.22. The molecule has 1 amide bonds. The van der Waals surface area contributed by atoms with Crippen molar-refractivity contribution in [2.24, 2.45) is 0 Å². The van der Waals surface area contributed by atoms with E-state index in [1.807, 2.05) is 48.2 Å². The van der Waals surface area contributed by atoms with Gasteiger partial charge in [0, 0.05) is 43.9 Å². The number of aromatic nitrogens is 2. The number of piperazine rings is 1. The van der Waals surface area contributed by atoms with Crippen LogP contribution in [-0.4, -0.2) is 53.6 Å². The van der Waals surface area contributed by atoms with Crippen molar-refractivity contribution in [3.8, 4) is 5.75 Å². The fraction of sp³-hybridized carbons (Fsp3) is 0.476. The third kappa shape index (κ3) is 5.18. The van der Waals surface area contributed by atoms with Crippen LogP contribution in [0.4, 0.5) is 5.82 Å². The first kappa shape index (κ1) is 19.1. The number of hydrogen-bond donors (Lipinski definition) is 0. The van der Waals surface area contributed by atoms with Gasteiger partial charge in [0.1, 0.15) is 17.4 Å². The van der Waals surface area contributed by atoms with Crippen molar-refractivity contribution in [3.63, 3.8) is 0 Å². The van der Waals surface area contributed by atoms with Crippen molar-refractivity contribution in [1.29, 1.82) is 0 Å². The maximum atomic E-state index is 12.4. The van der Waals surface area contributed by atoms with Gasteiger partial charge in [0.15, 0.2) is 0 Å². The molecule has 0 N–H and O–H groups in total. The number of rotatable bonds is 6. The van der Waals surface area contributed by atoms with E-state index in [9.17, 15) is 4.79 Å². The molecule has 1 aromatic heterocycles. The van der Waals surface area contributed by atoms with Crippen molar-refractivity contribution >= 4 is 11.7 Å². The molecule has 1 aliphatic heterocycles. The Morgan fingerprint density at radius 1 is 1.11 bits per heavy atom. The second kappa shape index (κ2) is 8.84. The highest BCUT2D eigenvalue weighted by Crippen LogP contribution is 2.19. The number of benzene rings is 1. The average molecular weight is 368 g/mol. The molecule has 2 aromatic rings. The summed E-state index contributed by atoms with van der Waals surface area (Å²) in [7, 11) is 0. The molecule has 0 aliphatic carbocycles. The van der Waals surface area contributed by atoms with Crippen LogP contribution in [-0.2, 0) is 4.79 Å². The Kier molecular flexibility index (Phi) is 6.27. The zero-order valence-electron chi connectivity index (χ0n) is 16.4. The van der Waals surface area contributed by atoms with Crippen LogP contribution in [0.2, 0.25) is 0 Å². The Hall–Kier alpha value is -2.63. The number of nitrogens with zero attached hydrogens (tertiary/aromatic N) is 4. The van der Waals surface area contributed by atoms with Crippen LogP contribution in [0.5, 0.6) is 5.75 Å². The third-order valence-corrected chi connectivity index (χ3v) is 4.66. The molecule has 144 valence electrons. The molecule has 0 spiro atoms. The maximum absolute atomic E-state index is 12.4. The Balaban J connectivity index is 1.49. The second-order valence-corrected chi connectivity index (χ2v) is 7.16. The van der Waals surface area contributed by atoms with Gasteiger partial charge in [-0.25, -0.2) is 9.97 Å². The van der Waals surface area contributed by atoms with Gasteiger partial charge >= 0.3 is 0 Å². The third-order valence-electron chi connectivity index (χ3n) is 4.66. The van der Waals surface area contributed by atoms with Crippen molar-refractivity contribution < 1.29 is 9.53 Å². The number of anilines is 1. The molecule has 6 heteroatoms. The number of aryl methyl sites for hydroxylation is 1. The summed E-state index contributed by atoms with van der Waals surface area (Å²) in [6.45, 7) is 9.63. The van der Waals surface area contributed by atoms with Gasteiger partial charge in [-0.05, 0) is 19.1 Å². The van der Waals surface area contributed by atoms with Crippen LogP contribution in [0.1, 0.15) is 37.7 Å². The molecule has 0 saturated carbocycles. The lowest BCUT2D eigenvalue weighted by molar-refractivity contribution is -0.132. The first-order valence-electron chi connectivity index (χ1n) is 9.59. The molecule has 1 saturated heterocycles. The van der Waals surface area contributed by atoms with Crippen LogP contribution >= 0.6 is 0 Å². The predicted molar refractivity (Wildman–Crippen MR) is 106 cm³/mol. The van der Waals surface area contributed by atoms with Crippen LogP contribution < -0.4 is 9.64 Å². The first-order valence-corrected chi connectivity index (χ1v) is 9.59. The lowest BCUT2D eigenvalue weighted by Gasteiger charge is -2.35. The molecule has 0 unspecified atom stereocenters. The van der Waals surface area contributed by atoms with Crippen LogP contribution in [0.15, 0.2) is 36.4 Å². The van der Waals surface area contributed by atoms with E-state index in [0.717, 1.165) is 36.2 Å². The van der Waals surface area contributed by atoms with E-state index in [4.69, 9.17) is 9.72 Å². The lowest BCUT2D eigenvalue weighted by Crippen LogP contribution is -2.49. The predicted octanol–water partition coefficient (Wildman–Crippen LogP) is 3.03. The summed E-state index contributed by atoms with van der Waals surface area (Å²) in [5, 5.41) is 0. The van der Waals surface area contributed by atoms with Gasteiger partial charge in [0.2, 0.25) is 5.91 Å². The number of para-hydroxylation sites is 1. The van der Waals surface area contributed by atoms with E-state index in [1.165, 1.54) is 0 Å². The summed E-state index contributed by atoms with van der Waals surface area (Å²) in [6.07, 6.45) is 0.402. The van der Waals surface area contributed by atoms with Gasteiger partial charge in [-0.3, -0.25) is 4.79 Å². The topological polar surface area (TPSA) is 58.6 Å². The molecule has 1 aliphatic rings. The molecular weight excluding hydrogens is 340 g/mol. The average Bonchev–Trinajstić information content (AvgIpc) is 2.68. The molecule has 6 nitrogen and oxygen atoms in total. The normalized spacial score (nSPS) is 14.5. The number of carbonyl (C=O) groups excluding carboxylic acids is 1. The number of amides is 1. The zero-order valence-corrected chi connectivity index (χ0v) is 16.4. The summed E-state index contributed by atoms with van der Waals surface area (Å²) in [4.78, 5) is 25.8. The molecule has 0 bridgehead atoms. The van der Waals surface area contributed by atoms with E-state index >= 15 is 0 Å². The molecule has 3 rings (SSSR count). The number of hydrogen-bond acceptors (Lipinski definition) is 5. The largest absolute Gasteiger partial charge is 0.493 e. The lowest BCUT2D eigenvalue weighted by atomic mass is 10.2. The summed E-state index contributed by atoms with van der Waals surface area (Å²) in [5.74, 6) is 3.09. The molecule has 1 aromatic carbocycles. The second-order valence-electron chi connectivity index (χ2n) is 7.16. The van der Waals surface area contributed by atoms with Crippen molar-refractivity contribution in [1.82, 2.24) is 14.9 Å². The minimum atomic E-state index is 0.146. The SMILES string of the molecule is Cc1cc(N2CCN(C(=O)CCOc3ccccc3)CC2)nc(C(C)C)n1. The summed E-state index contributed by atoms with van der Waals surface area (Å²) in [5.41, 5.74) is 0.986. The van der Waals surface area contributed by atoms with Crippen LogP contribution in [0.3, 0.4) is 0 Å². The van der Waals surface area contributed by atoms with Crippen molar-refractivity contribution in [2.45, 2.75) is 33.1 Å². The molecule has 0 radical (unpaired) electrons. The summed E-state index contributed by atoms with van der Waals surface area (Å²) in [6, 6.07) is 11.6. The fourth-order valence-corrected chi connectivity index (χ4v) is 3.11. The van der Waals surface area contributed by atoms with Gasteiger partial charge in [0.05, 0.1) is 13.0 Å². The molecular formula is C21H28N4O2. The number of carbonyl (C=O) groups is 1. The molecule has 0 atom stereocenters. The van der Waals surface area contributed by atoms with Gasteiger partial charge in [0.25, 0.3) is 0 Å². The van der Waals surface area contributed by atoms with Crippen LogP contribution in [0.25, 0.3) is 0 Å². The van der Waals surface area contributed by atoms with E-state index in [-0.39, 0.29) is 5.91 Å². The molecule has 27 heavy (non-hydrogen) atoms. The van der Waals surface area contributed by atoms with Gasteiger partial charge in [-0.1, -0.05) is 32.0 Å². The highest BCUT2D eigenvalue weighted by molar-refractivity contribution is 5.76. The maximum Gasteiger partial charge on any atom is 0.226 e. The fourth-order valence-electron chi connectivity index (χ4n) is 3.11. The number of ether oxygens (including phenoxy) is 1. The Bertz CT molecular complexity index is 756. The minimum absolute atomic E-state index is 0.146. The Morgan fingerprint density at radius 2 is 1.81 bits per heavy atom. The zero-order chi connectivity index (χ0) is 19.2. The minimum Gasteiger partial charge on any atom is -0.493 e. The van der Waals surface area contributed by atoms with E-state index < -0.39 is 0 Å². The van der Waals surface area contributed by atoms with Gasteiger partial charge in [-0.2, -0.15) is 0 Å². The summed E-state index contributed by atoms with van der Waals surface area (Å²) < 4.78 is 5.63. The molecule has 2 heterocycles. The highest BCUT2D eigenvalue weighted by atomic mass is 16.5.